The van der Waals surface area contributed by atoms with Crippen LogP contribution < -0.4 is 22.1 Å². The Balaban J connectivity index is 1.54. The maximum Gasteiger partial charge on any atom is 0.354 e. The van der Waals surface area contributed by atoms with Crippen molar-refractivity contribution in [2.45, 2.75) is 57.7 Å². The first-order valence-corrected chi connectivity index (χ1v) is 14.7. The summed E-state index contributed by atoms with van der Waals surface area (Å²) in [6, 6.07) is 12.9. The number of hydrogen-bond donors (Lipinski definition) is 5. The van der Waals surface area contributed by atoms with Crippen LogP contribution in [0.4, 0.5) is 4.39 Å². The number of nitrogens with one attached hydrogen (secondary N) is 4. The molecule has 2 heterocycles. The number of hydrogen-bond acceptors (Lipinski definition) is 5. The van der Waals surface area contributed by atoms with Crippen LogP contribution in [0.15, 0.2) is 78.8 Å². The molecular formula is C33H39ClFN7O. The van der Waals surface area contributed by atoms with E-state index in [1.807, 2.05) is 30.3 Å². The van der Waals surface area contributed by atoms with Gasteiger partial charge in [-0.1, -0.05) is 35.9 Å². The van der Waals surface area contributed by atoms with Crippen molar-refractivity contribution in [2.24, 2.45) is 5.73 Å². The van der Waals surface area contributed by atoms with Crippen molar-refractivity contribution < 1.29 is 4.39 Å². The highest BCUT2D eigenvalue weighted by molar-refractivity contribution is 6.31. The van der Waals surface area contributed by atoms with E-state index in [2.05, 4.69) is 40.7 Å². The number of aromatic nitrogens is 3. The van der Waals surface area contributed by atoms with Crippen LogP contribution in [0.5, 0.6) is 0 Å². The molecule has 0 aliphatic carbocycles. The van der Waals surface area contributed by atoms with E-state index in [1.54, 1.807) is 37.4 Å². The SMILES string of the molecule is C=C[C@@H](N)CCCc1cc(Cl)c(F)c(-c2cc3cn(-c4ccc([C@H](C)N[C@@H](C=C)CCNC(C)=N)cc4)c(=O)nc3[nH]2)c1. The van der Waals surface area contributed by atoms with E-state index >= 15 is 4.39 Å². The van der Waals surface area contributed by atoms with Crippen LogP contribution in [-0.2, 0) is 6.42 Å². The van der Waals surface area contributed by atoms with Crippen LogP contribution in [0.25, 0.3) is 28.0 Å². The molecule has 0 radical (unpaired) electrons. The quantitative estimate of drug-likeness (QED) is 0.0667. The van der Waals surface area contributed by atoms with Crippen LogP contribution in [0.3, 0.4) is 0 Å². The predicted octanol–water partition coefficient (Wildman–Crippen LogP) is 6.19. The highest BCUT2D eigenvalue weighted by Gasteiger charge is 2.16. The Morgan fingerprint density at radius 2 is 1.95 bits per heavy atom. The molecule has 0 unspecified atom stereocenters. The lowest BCUT2D eigenvalue weighted by molar-refractivity contribution is 0.487. The number of nitrogens with two attached hydrogens (primary N) is 1. The van der Waals surface area contributed by atoms with Crippen molar-refractivity contribution in [2.75, 3.05) is 6.54 Å². The molecule has 0 saturated heterocycles. The number of fused-ring (bicyclic) bond motifs is 1. The number of H-pyrrole nitrogens is 1. The van der Waals surface area contributed by atoms with Gasteiger partial charge in [0.05, 0.1) is 22.2 Å². The lowest BCUT2D eigenvalue weighted by Gasteiger charge is -2.21. The number of aromatic amines is 1. The summed E-state index contributed by atoms with van der Waals surface area (Å²) in [5.74, 6) is -0.0967. The summed E-state index contributed by atoms with van der Waals surface area (Å²) in [7, 11) is 0. The van der Waals surface area contributed by atoms with Gasteiger partial charge < -0.3 is 21.4 Å². The number of amidine groups is 1. The summed E-state index contributed by atoms with van der Waals surface area (Å²) in [5, 5.41) is 14.8. The summed E-state index contributed by atoms with van der Waals surface area (Å²) < 4.78 is 16.6. The van der Waals surface area contributed by atoms with Crippen molar-refractivity contribution in [1.82, 2.24) is 25.2 Å². The standard InChI is InChI=1S/C33H39ClFN7O/c1-5-25(37)9-7-8-22-16-28(31(35)29(34)17-22)30-18-24-19-42(33(43)41-32(24)40-30)27-12-10-23(11-13-27)20(3)39-26(6-2)14-15-38-21(4)36/h5-6,10-13,16-20,25-26,39H,1-2,7-9,14-15,37H2,3-4H3,(H2,36,38)(H,40,41,43)/t20-,25+,26-/m0/s1. The van der Waals surface area contributed by atoms with Crippen LogP contribution in [0, 0.1) is 11.2 Å². The van der Waals surface area contributed by atoms with E-state index in [9.17, 15) is 4.79 Å². The molecule has 10 heteroatoms. The number of halogens is 2. The smallest absolute Gasteiger partial charge is 0.354 e. The molecule has 0 amide bonds. The molecule has 0 fully saturated rings. The lowest BCUT2D eigenvalue weighted by atomic mass is 10.0. The second-order valence-electron chi connectivity index (χ2n) is 10.8. The molecule has 0 spiro atoms. The average Bonchev–Trinajstić information content (AvgIpc) is 3.40. The second kappa shape index (κ2) is 14.4. The largest absolute Gasteiger partial charge is 0.374 e. The zero-order valence-electron chi connectivity index (χ0n) is 24.6. The summed E-state index contributed by atoms with van der Waals surface area (Å²) in [4.78, 5) is 20.3. The van der Waals surface area contributed by atoms with E-state index in [1.165, 1.54) is 4.57 Å². The highest BCUT2D eigenvalue weighted by Crippen LogP contribution is 2.31. The van der Waals surface area contributed by atoms with E-state index in [0.29, 0.717) is 46.8 Å². The molecule has 0 aliphatic rings. The molecule has 2 aromatic carbocycles. The molecule has 4 aromatic rings. The van der Waals surface area contributed by atoms with E-state index in [0.717, 1.165) is 30.4 Å². The number of benzene rings is 2. The Kier molecular flexibility index (Phi) is 10.7. The normalized spacial score (nSPS) is 13.4. The second-order valence-corrected chi connectivity index (χ2v) is 11.2. The first-order valence-electron chi connectivity index (χ1n) is 14.4. The van der Waals surface area contributed by atoms with Crippen LogP contribution in [-0.4, -0.2) is 39.0 Å². The number of aryl methyl sites for hydroxylation is 1. The van der Waals surface area contributed by atoms with Gasteiger partial charge in [0.25, 0.3) is 0 Å². The molecule has 0 saturated carbocycles. The minimum atomic E-state index is -0.534. The monoisotopic (exact) mass is 603 g/mol. The average molecular weight is 604 g/mol. The van der Waals surface area contributed by atoms with Gasteiger partial charge in [-0.3, -0.25) is 9.98 Å². The van der Waals surface area contributed by atoms with Crippen molar-refractivity contribution in [3.63, 3.8) is 0 Å². The van der Waals surface area contributed by atoms with Gasteiger partial charge in [0, 0.05) is 41.8 Å². The van der Waals surface area contributed by atoms with Crippen LogP contribution in [0.2, 0.25) is 5.02 Å². The van der Waals surface area contributed by atoms with E-state index < -0.39 is 11.5 Å². The van der Waals surface area contributed by atoms with Gasteiger partial charge in [-0.2, -0.15) is 4.98 Å². The topological polar surface area (TPSA) is 125 Å². The minimum Gasteiger partial charge on any atom is -0.374 e. The molecule has 4 rings (SSSR count). The molecule has 8 nitrogen and oxygen atoms in total. The zero-order valence-corrected chi connectivity index (χ0v) is 25.3. The lowest BCUT2D eigenvalue weighted by Crippen LogP contribution is -2.33. The van der Waals surface area contributed by atoms with E-state index in [-0.39, 0.29) is 23.1 Å². The Bertz CT molecular complexity index is 1660. The molecule has 2 aromatic heterocycles. The molecule has 3 atom stereocenters. The minimum absolute atomic E-state index is 0.0352. The Morgan fingerprint density at radius 3 is 2.63 bits per heavy atom. The van der Waals surface area contributed by atoms with Gasteiger partial charge in [-0.25, -0.2) is 9.18 Å². The molecule has 43 heavy (non-hydrogen) atoms. The van der Waals surface area contributed by atoms with Crippen molar-refractivity contribution in [3.05, 3.63) is 106 Å². The summed E-state index contributed by atoms with van der Waals surface area (Å²) in [6.45, 7) is 12.1. The van der Waals surface area contributed by atoms with Crippen LogP contribution >= 0.6 is 11.6 Å². The van der Waals surface area contributed by atoms with Crippen molar-refractivity contribution >= 4 is 28.5 Å². The first-order chi connectivity index (χ1) is 20.6. The molecular weight excluding hydrogens is 565 g/mol. The van der Waals surface area contributed by atoms with Gasteiger partial charge >= 0.3 is 5.69 Å². The number of rotatable bonds is 14. The fourth-order valence-corrected chi connectivity index (χ4v) is 5.24. The van der Waals surface area contributed by atoms with Gasteiger partial charge in [-0.15, -0.1) is 13.2 Å². The zero-order chi connectivity index (χ0) is 31.1. The van der Waals surface area contributed by atoms with Crippen LogP contribution in [0.1, 0.15) is 50.3 Å². The first kappa shape index (κ1) is 31.9. The molecule has 226 valence electrons. The van der Waals surface area contributed by atoms with Gasteiger partial charge in [0.15, 0.2) is 5.82 Å². The predicted molar refractivity (Wildman–Crippen MR) is 175 cm³/mol. The molecule has 6 N–H and O–H groups in total. The van der Waals surface area contributed by atoms with Crippen molar-refractivity contribution in [1.29, 1.82) is 5.41 Å². The Hall–Kier alpha value is -4.05. The Morgan fingerprint density at radius 1 is 1.21 bits per heavy atom. The van der Waals surface area contributed by atoms with Gasteiger partial charge in [-0.05, 0) is 81.0 Å². The third-order valence-corrected chi connectivity index (χ3v) is 7.73. The molecule has 0 bridgehead atoms. The third kappa shape index (κ3) is 8.07. The van der Waals surface area contributed by atoms with E-state index in [4.69, 9.17) is 22.7 Å². The summed E-state index contributed by atoms with van der Waals surface area (Å²) in [5.41, 5.74) is 9.26. The molecule has 0 aliphatic heterocycles. The van der Waals surface area contributed by atoms with Gasteiger partial charge in [0.1, 0.15) is 5.65 Å². The number of nitrogens with zero attached hydrogens (tertiary/aromatic N) is 2. The maximum atomic E-state index is 15.1. The summed E-state index contributed by atoms with van der Waals surface area (Å²) >= 11 is 6.25. The fourth-order valence-electron chi connectivity index (χ4n) is 5.00. The highest BCUT2D eigenvalue weighted by atomic mass is 35.5. The van der Waals surface area contributed by atoms with Crippen molar-refractivity contribution in [3.8, 4) is 16.9 Å². The Labute approximate surface area is 256 Å². The van der Waals surface area contributed by atoms with Gasteiger partial charge in [0.2, 0.25) is 0 Å². The fraction of sp³-hybridized carbons (Fsp3) is 0.303. The summed E-state index contributed by atoms with van der Waals surface area (Å²) in [6.07, 6.45) is 8.36. The maximum absolute atomic E-state index is 15.1. The third-order valence-electron chi connectivity index (χ3n) is 7.46.